The van der Waals surface area contributed by atoms with Gasteiger partial charge in [-0.2, -0.15) is 0 Å². The zero-order valence-electron chi connectivity index (χ0n) is 11.9. The maximum atomic E-state index is 5.75. The summed E-state index contributed by atoms with van der Waals surface area (Å²) in [5.41, 5.74) is 2.12. The SMILES string of the molecule is CNC(c1cccc(OC(C)C)c1)c1ccc(Br)cn1. The number of hydrogen-bond acceptors (Lipinski definition) is 3. The molecule has 1 aromatic heterocycles. The molecule has 106 valence electrons. The number of ether oxygens (including phenoxy) is 1. The fraction of sp³-hybridized carbons (Fsp3) is 0.312. The first-order valence-electron chi connectivity index (χ1n) is 6.65. The third kappa shape index (κ3) is 3.81. The summed E-state index contributed by atoms with van der Waals surface area (Å²) in [7, 11) is 1.93. The number of pyridine rings is 1. The predicted molar refractivity (Wildman–Crippen MR) is 85.0 cm³/mol. The Labute approximate surface area is 128 Å². The minimum Gasteiger partial charge on any atom is -0.491 e. The summed E-state index contributed by atoms with van der Waals surface area (Å²) in [6.45, 7) is 4.05. The number of halogens is 1. The quantitative estimate of drug-likeness (QED) is 0.899. The normalized spacial score (nSPS) is 12.4. The van der Waals surface area contributed by atoms with Gasteiger partial charge in [0.25, 0.3) is 0 Å². The zero-order valence-corrected chi connectivity index (χ0v) is 13.5. The first-order chi connectivity index (χ1) is 9.60. The van der Waals surface area contributed by atoms with Crippen LogP contribution in [0.5, 0.6) is 5.75 Å². The van der Waals surface area contributed by atoms with E-state index in [0.717, 1.165) is 21.5 Å². The Bertz CT molecular complexity index is 555. The predicted octanol–water partition coefficient (Wildman–Crippen LogP) is 3.94. The molecular weight excluding hydrogens is 316 g/mol. The van der Waals surface area contributed by atoms with Crippen molar-refractivity contribution in [3.05, 3.63) is 58.3 Å². The van der Waals surface area contributed by atoms with Gasteiger partial charge in [0.05, 0.1) is 17.8 Å². The van der Waals surface area contributed by atoms with Gasteiger partial charge in [-0.05, 0) is 66.7 Å². The van der Waals surface area contributed by atoms with Crippen LogP contribution in [0.15, 0.2) is 47.1 Å². The van der Waals surface area contributed by atoms with E-state index in [1.54, 1.807) is 0 Å². The molecule has 1 heterocycles. The van der Waals surface area contributed by atoms with Crippen LogP contribution in [-0.4, -0.2) is 18.1 Å². The van der Waals surface area contributed by atoms with Gasteiger partial charge in [0.2, 0.25) is 0 Å². The summed E-state index contributed by atoms with van der Waals surface area (Å²) in [5.74, 6) is 0.884. The van der Waals surface area contributed by atoms with Crippen molar-refractivity contribution < 1.29 is 4.74 Å². The lowest BCUT2D eigenvalue weighted by Crippen LogP contribution is -2.19. The molecule has 1 aromatic carbocycles. The molecule has 0 fully saturated rings. The van der Waals surface area contributed by atoms with Crippen LogP contribution >= 0.6 is 15.9 Å². The summed E-state index contributed by atoms with van der Waals surface area (Å²) in [6.07, 6.45) is 1.98. The van der Waals surface area contributed by atoms with E-state index in [1.165, 1.54) is 0 Å². The summed E-state index contributed by atoms with van der Waals surface area (Å²) in [6, 6.07) is 12.2. The molecule has 0 spiro atoms. The van der Waals surface area contributed by atoms with Crippen molar-refractivity contribution in [3.8, 4) is 5.75 Å². The summed E-state index contributed by atoms with van der Waals surface area (Å²) in [5, 5.41) is 3.30. The number of nitrogens with one attached hydrogen (secondary N) is 1. The van der Waals surface area contributed by atoms with Crippen LogP contribution < -0.4 is 10.1 Å². The molecule has 1 N–H and O–H groups in total. The molecule has 20 heavy (non-hydrogen) atoms. The Morgan fingerprint density at radius 1 is 1.20 bits per heavy atom. The third-order valence-corrected chi connectivity index (χ3v) is 3.37. The Morgan fingerprint density at radius 2 is 2.00 bits per heavy atom. The molecule has 0 aliphatic carbocycles. The number of rotatable bonds is 5. The Morgan fingerprint density at radius 3 is 2.60 bits per heavy atom. The Kier molecular flexibility index (Phi) is 5.15. The van der Waals surface area contributed by atoms with E-state index in [4.69, 9.17) is 4.74 Å². The fourth-order valence-electron chi connectivity index (χ4n) is 2.08. The summed E-state index contributed by atoms with van der Waals surface area (Å²) >= 11 is 3.41. The van der Waals surface area contributed by atoms with Crippen molar-refractivity contribution >= 4 is 15.9 Å². The van der Waals surface area contributed by atoms with Crippen LogP contribution in [0.1, 0.15) is 31.1 Å². The Hall–Kier alpha value is -1.39. The smallest absolute Gasteiger partial charge is 0.120 e. The average molecular weight is 335 g/mol. The van der Waals surface area contributed by atoms with Crippen LogP contribution in [0.4, 0.5) is 0 Å². The molecule has 2 rings (SSSR count). The highest BCUT2D eigenvalue weighted by molar-refractivity contribution is 9.10. The van der Waals surface area contributed by atoms with Gasteiger partial charge in [0.1, 0.15) is 5.75 Å². The molecule has 0 radical (unpaired) electrons. The van der Waals surface area contributed by atoms with Crippen molar-refractivity contribution in [1.82, 2.24) is 10.3 Å². The molecule has 4 heteroatoms. The maximum absolute atomic E-state index is 5.75. The summed E-state index contributed by atoms with van der Waals surface area (Å²) in [4.78, 5) is 4.47. The van der Waals surface area contributed by atoms with Gasteiger partial charge in [-0.15, -0.1) is 0 Å². The fourth-order valence-corrected chi connectivity index (χ4v) is 2.32. The van der Waals surface area contributed by atoms with Crippen molar-refractivity contribution in [2.75, 3.05) is 7.05 Å². The van der Waals surface area contributed by atoms with Gasteiger partial charge in [0.15, 0.2) is 0 Å². The van der Waals surface area contributed by atoms with E-state index in [0.29, 0.717) is 0 Å². The molecule has 0 aliphatic rings. The van der Waals surface area contributed by atoms with E-state index in [-0.39, 0.29) is 12.1 Å². The van der Waals surface area contributed by atoms with Crippen molar-refractivity contribution in [2.45, 2.75) is 26.0 Å². The minimum atomic E-state index is 0.0545. The first kappa shape index (κ1) is 15.0. The maximum Gasteiger partial charge on any atom is 0.120 e. The second kappa shape index (κ2) is 6.86. The van der Waals surface area contributed by atoms with E-state index in [1.807, 2.05) is 51.4 Å². The van der Waals surface area contributed by atoms with E-state index >= 15 is 0 Å². The molecule has 0 saturated carbocycles. The molecule has 0 amide bonds. The van der Waals surface area contributed by atoms with Gasteiger partial charge >= 0.3 is 0 Å². The van der Waals surface area contributed by atoms with Gasteiger partial charge in [0, 0.05) is 10.7 Å². The van der Waals surface area contributed by atoms with Gasteiger partial charge < -0.3 is 10.1 Å². The van der Waals surface area contributed by atoms with Crippen LogP contribution in [0.25, 0.3) is 0 Å². The van der Waals surface area contributed by atoms with Gasteiger partial charge in [-0.1, -0.05) is 12.1 Å². The van der Waals surface area contributed by atoms with Crippen LogP contribution in [0, 0.1) is 0 Å². The highest BCUT2D eigenvalue weighted by Crippen LogP contribution is 2.25. The number of benzene rings is 1. The average Bonchev–Trinajstić information content (AvgIpc) is 2.41. The number of nitrogens with zero attached hydrogens (tertiary/aromatic N) is 1. The van der Waals surface area contributed by atoms with Crippen LogP contribution in [0.2, 0.25) is 0 Å². The topological polar surface area (TPSA) is 34.1 Å². The summed E-state index contributed by atoms with van der Waals surface area (Å²) < 4.78 is 6.73. The lowest BCUT2D eigenvalue weighted by molar-refractivity contribution is 0.242. The molecular formula is C16H19BrN2O. The Balaban J connectivity index is 2.29. The third-order valence-electron chi connectivity index (χ3n) is 2.90. The van der Waals surface area contributed by atoms with Crippen molar-refractivity contribution in [3.63, 3.8) is 0 Å². The molecule has 0 aliphatic heterocycles. The lowest BCUT2D eigenvalue weighted by atomic mass is 10.0. The van der Waals surface area contributed by atoms with E-state index < -0.39 is 0 Å². The lowest BCUT2D eigenvalue weighted by Gasteiger charge is -2.18. The number of aromatic nitrogens is 1. The van der Waals surface area contributed by atoms with Crippen LogP contribution in [0.3, 0.4) is 0 Å². The molecule has 1 atom stereocenters. The van der Waals surface area contributed by atoms with Crippen LogP contribution in [-0.2, 0) is 0 Å². The number of hydrogen-bond donors (Lipinski definition) is 1. The molecule has 2 aromatic rings. The highest BCUT2D eigenvalue weighted by atomic mass is 79.9. The molecule has 0 saturated heterocycles. The van der Waals surface area contributed by atoms with E-state index in [9.17, 15) is 0 Å². The van der Waals surface area contributed by atoms with E-state index in [2.05, 4.69) is 38.4 Å². The monoisotopic (exact) mass is 334 g/mol. The second-order valence-electron chi connectivity index (χ2n) is 4.86. The minimum absolute atomic E-state index is 0.0545. The molecule has 0 bridgehead atoms. The standard InChI is InChI=1S/C16H19BrN2O/c1-11(2)20-14-6-4-5-12(9-14)16(18-3)15-8-7-13(17)10-19-15/h4-11,16,18H,1-3H3. The van der Waals surface area contributed by atoms with Crippen molar-refractivity contribution in [2.24, 2.45) is 0 Å². The second-order valence-corrected chi connectivity index (χ2v) is 5.78. The molecule has 1 unspecified atom stereocenters. The van der Waals surface area contributed by atoms with Gasteiger partial charge in [-0.3, -0.25) is 4.98 Å². The zero-order chi connectivity index (χ0) is 14.5. The van der Waals surface area contributed by atoms with Crippen molar-refractivity contribution in [1.29, 1.82) is 0 Å². The highest BCUT2D eigenvalue weighted by Gasteiger charge is 2.14. The first-order valence-corrected chi connectivity index (χ1v) is 7.45. The molecule has 3 nitrogen and oxygen atoms in total. The largest absolute Gasteiger partial charge is 0.491 e. The van der Waals surface area contributed by atoms with Gasteiger partial charge in [-0.25, -0.2) is 0 Å².